The molecule has 5 nitrogen and oxygen atoms in total. The summed E-state index contributed by atoms with van der Waals surface area (Å²) in [6.07, 6.45) is 5.16. The average Bonchev–Trinajstić information content (AvgIpc) is 3.25. The van der Waals surface area contributed by atoms with E-state index in [-0.39, 0.29) is 11.8 Å². The summed E-state index contributed by atoms with van der Waals surface area (Å²) in [5.74, 6) is 1.12. The number of oxazole rings is 1. The molecule has 0 bridgehead atoms. The topological polar surface area (TPSA) is 59.2 Å². The number of thiazole rings is 1. The number of nitrogens with zero attached hydrogens (tertiary/aromatic N) is 3. The number of hydrogen-bond acceptors (Lipinski definition) is 5. The lowest BCUT2D eigenvalue weighted by Crippen LogP contribution is -2.36. The van der Waals surface area contributed by atoms with Crippen molar-refractivity contribution in [1.82, 2.24) is 14.9 Å². The first kappa shape index (κ1) is 16.0. The van der Waals surface area contributed by atoms with Gasteiger partial charge >= 0.3 is 0 Å². The number of carbonyl (C=O) groups is 1. The number of hydrogen-bond donors (Lipinski definition) is 0. The highest BCUT2D eigenvalue weighted by Crippen LogP contribution is 2.30. The van der Waals surface area contributed by atoms with Gasteiger partial charge in [0.1, 0.15) is 5.52 Å². The fourth-order valence-electron chi connectivity index (χ4n) is 3.13. The molecule has 0 aliphatic carbocycles. The Morgan fingerprint density at radius 3 is 2.80 bits per heavy atom. The van der Waals surface area contributed by atoms with Crippen LogP contribution in [0.15, 0.2) is 40.1 Å². The molecule has 128 valence electrons. The maximum Gasteiger partial charge on any atom is 0.246 e. The van der Waals surface area contributed by atoms with E-state index in [1.54, 1.807) is 23.5 Å². The first-order chi connectivity index (χ1) is 12.2. The van der Waals surface area contributed by atoms with Crippen molar-refractivity contribution in [3.8, 4) is 0 Å². The quantitative estimate of drug-likeness (QED) is 0.668. The summed E-state index contributed by atoms with van der Waals surface area (Å²) in [5, 5.41) is 2.96. The van der Waals surface area contributed by atoms with Gasteiger partial charge in [0.05, 0.1) is 10.7 Å². The van der Waals surface area contributed by atoms with Gasteiger partial charge in [-0.25, -0.2) is 9.97 Å². The first-order valence-electron chi connectivity index (χ1n) is 8.43. The van der Waals surface area contributed by atoms with Crippen LogP contribution in [-0.4, -0.2) is 33.9 Å². The second-order valence-electron chi connectivity index (χ2n) is 6.24. The molecule has 0 unspecified atom stereocenters. The van der Waals surface area contributed by atoms with Crippen LogP contribution >= 0.6 is 11.3 Å². The molecule has 0 saturated carbocycles. The van der Waals surface area contributed by atoms with Gasteiger partial charge in [0, 0.05) is 30.5 Å². The number of likely N-dealkylation sites (tertiary alicyclic amines) is 1. The van der Waals surface area contributed by atoms with E-state index in [1.165, 1.54) is 0 Å². The minimum absolute atomic E-state index is 0.0432. The third-order valence-corrected chi connectivity index (χ3v) is 5.29. The van der Waals surface area contributed by atoms with Crippen LogP contribution < -0.4 is 0 Å². The lowest BCUT2D eigenvalue weighted by atomic mass is 9.97. The summed E-state index contributed by atoms with van der Waals surface area (Å²) in [6.45, 7) is 3.41. The number of fused-ring (bicyclic) bond motifs is 1. The molecule has 4 rings (SSSR count). The van der Waals surface area contributed by atoms with Gasteiger partial charge in [0.25, 0.3) is 0 Å². The molecule has 0 atom stereocenters. The van der Waals surface area contributed by atoms with Gasteiger partial charge in [-0.05, 0) is 38.0 Å². The molecule has 0 radical (unpaired) electrons. The molecule has 3 aromatic rings. The summed E-state index contributed by atoms with van der Waals surface area (Å²) < 4.78 is 5.88. The zero-order valence-electron chi connectivity index (χ0n) is 14.0. The van der Waals surface area contributed by atoms with Crippen LogP contribution in [0.5, 0.6) is 0 Å². The van der Waals surface area contributed by atoms with E-state index in [4.69, 9.17) is 4.42 Å². The van der Waals surface area contributed by atoms with Crippen molar-refractivity contribution in [2.75, 3.05) is 13.1 Å². The number of amides is 1. The standard InChI is InChI=1S/C19H19N3O2S/c1-13-20-15(12-25-13)6-7-18(23)22-10-8-14(9-11-22)19-21-16-4-2-3-5-17(16)24-19/h2-7,12,14H,8-11H2,1H3/b7-6+. The van der Waals surface area contributed by atoms with Crippen molar-refractivity contribution >= 4 is 34.4 Å². The predicted molar refractivity (Wildman–Crippen MR) is 98.4 cm³/mol. The van der Waals surface area contributed by atoms with Crippen LogP contribution in [0.1, 0.15) is 35.4 Å². The Balaban J connectivity index is 1.37. The summed E-state index contributed by atoms with van der Waals surface area (Å²) in [5.41, 5.74) is 2.58. The summed E-state index contributed by atoms with van der Waals surface area (Å²) in [6, 6.07) is 7.82. The van der Waals surface area contributed by atoms with Crippen LogP contribution in [0.25, 0.3) is 17.2 Å². The maximum absolute atomic E-state index is 12.3. The van der Waals surface area contributed by atoms with Crippen LogP contribution in [0.4, 0.5) is 0 Å². The monoisotopic (exact) mass is 353 g/mol. The van der Waals surface area contributed by atoms with Crippen LogP contribution in [0, 0.1) is 6.92 Å². The van der Waals surface area contributed by atoms with Crippen molar-refractivity contribution < 1.29 is 9.21 Å². The maximum atomic E-state index is 12.3. The van der Waals surface area contributed by atoms with Crippen molar-refractivity contribution in [2.24, 2.45) is 0 Å². The van der Waals surface area contributed by atoms with Crippen molar-refractivity contribution in [1.29, 1.82) is 0 Å². The van der Waals surface area contributed by atoms with Gasteiger partial charge in [0.15, 0.2) is 11.5 Å². The minimum atomic E-state index is 0.0432. The summed E-state index contributed by atoms with van der Waals surface area (Å²) in [4.78, 5) is 23.2. The minimum Gasteiger partial charge on any atom is -0.440 e. The SMILES string of the molecule is Cc1nc(/C=C/C(=O)N2CCC(c3nc4ccccc4o3)CC2)cs1. The van der Waals surface area contributed by atoms with E-state index in [1.807, 2.05) is 41.5 Å². The molecule has 1 aliphatic rings. The third-order valence-electron chi connectivity index (χ3n) is 4.50. The molecule has 0 N–H and O–H groups in total. The van der Waals surface area contributed by atoms with E-state index in [0.29, 0.717) is 0 Å². The molecule has 1 aliphatic heterocycles. The van der Waals surface area contributed by atoms with E-state index in [2.05, 4.69) is 9.97 Å². The van der Waals surface area contributed by atoms with E-state index < -0.39 is 0 Å². The summed E-state index contributed by atoms with van der Waals surface area (Å²) in [7, 11) is 0. The van der Waals surface area contributed by atoms with Crippen LogP contribution in [0.3, 0.4) is 0 Å². The number of rotatable bonds is 3. The Kier molecular flexibility index (Phi) is 4.36. The van der Waals surface area contributed by atoms with Gasteiger partial charge in [-0.3, -0.25) is 4.79 Å². The fraction of sp³-hybridized carbons (Fsp3) is 0.316. The van der Waals surface area contributed by atoms with E-state index in [9.17, 15) is 4.79 Å². The second kappa shape index (κ2) is 6.80. The van der Waals surface area contributed by atoms with Crippen molar-refractivity contribution in [2.45, 2.75) is 25.7 Å². The smallest absolute Gasteiger partial charge is 0.246 e. The fourth-order valence-corrected chi connectivity index (χ4v) is 3.71. The van der Waals surface area contributed by atoms with E-state index >= 15 is 0 Å². The Hall–Kier alpha value is -2.47. The number of aryl methyl sites for hydroxylation is 1. The van der Waals surface area contributed by atoms with Gasteiger partial charge in [-0.15, -0.1) is 11.3 Å². The number of carbonyl (C=O) groups excluding carboxylic acids is 1. The highest BCUT2D eigenvalue weighted by atomic mass is 32.1. The first-order valence-corrected chi connectivity index (χ1v) is 9.31. The molecule has 2 aromatic heterocycles. The highest BCUT2D eigenvalue weighted by Gasteiger charge is 2.26. The van der Waals surface area contributed by atoms with Crippen LogP contribution in [0.2, 0.25) is 0 Å². The number of benzene rings is 1. The molecule has 3 heterocycles. The van der Waals surface area contributed by atoms with Gasteiger partial charge < -0.3 is 9.32 Å². The third kappa shape index (κ3) is 3.49. The Bertz CT molecular complexity index is 887. The molecule has 6 heteroatoms. The zero-order valence-corrected chi connectivity index (χ0v) is 14.8. The van der Waals surface area contributed by atoms with Gasteiger partial charge in [-0.1, -0.05) is 12.1 Å². The molecule has 1 saturated heterocycles. The van der Waals surface area contributed by atoms with E-state index in [0.717, 1.165) is 53.6 Å². The molecular formula is C19H19N3O2S. The predicted octanol–water partition coefficient (Wildman–Crippen LogP) is 4.01. The molecule has 1 amide bonds. The molecule has 1 fully saturated rings. The van der Waals surface area contributed by atoms with Crippen LogP contribution in [-0.2, 0) is 4.79 Å². The zero-order chi connectivity index (χ0) is 17.2. The van der Waals surface area contributed by atoms with Gasteiger partial charge in [-0.2, -0.15) is 0 Å². The Morgan fingerprint density at radius 2 is 2.08 bits per heavy atom. The Morgan fingerprint density at radius 1 is 1.28 bits per heavy atom. The molecule has 1 aromatic carbocycles. The number of para-hydroxylation sites is 2. The Labute approximate surface area is 150 Å². The van der Waals surface area contributed by atoms with Crippen molar-refractivity contribution in [3.05, 3.63) is 52.3 Å². The second-order valence-corrected chi connectivity index (χ2v) is 7.31. The molecule has 0 spiro atoms. The lowest BCUT2D eigenvalue weighted by Gasteiger charge is -2.29. The lowest BCUT2D eigenvalue weighted by molar-refractivity contribution is -0.127. The number of aromatic nitrogens is 2. The number of piperidine rings is 1. The highest BCUT2D eigenvalue weighted by molar-refractivity contribution is 7.09. The van der Waals surface area contributed by atoms with Crippen molar-refractivity contribution in [3.63, 3.8) is 0 Å². The molecule has 25 heavy (non-hydrogen) atoms. The van der Waals surface area contributed by atoms with Gasteiger partial charge in [0.2, 0.25) is 5.91 Å². The molecular weight excluding hydrogens is 334 g/mol. The largest absolute Gasteiger partial charge is 0.440 e. The normalized spacial score (nSPS) is 16.1. The average molecular weight is 353 g/mol. The summed E-state index contributed by atoms with van der Waals surface area (Å²) >= 11 is 1.59.